The van der Waals surface area contributed by atoms with Crippen LogP contribution < -0.4 is 30.6 Å². The third kappa shape index (κ3) is 5.76. The quantitative estimate of drug-likeness (QED) is 0.183. The Hall–Kier alpha value is -5.12. The molecule has 0 radical (unpaired) electrons. The van der Waals surface area contributed by atoms with Gasteiger partial charge in [-0.3, -0.25) is 14.6 Å². The first-order valence-corrected chi connectivity index (χ1v) is 11.0. The second-order valence-corrected chi connectivity index (χ2v) is 7.66. The predicted molar refractivity (Wildman–Crippen MR) is 137 cm³/mol. The van der Waals surface area contributed by atoms with Crippen LogP contribution in [-0.2, 0) is 9.59 Å². The number of nitrogens with one attached hydrogen (secondary N) is 2. The average molecular weight is 503 g/mol. The Morgan fingerprint density at radius 3 is 1.97 bits per heavy atom. The number of hydrogen-bond acceptors (Lipinski definition) is 7. The first-order valence-electron chi connectivity index (χ1n) is 11.0. The molecule has 0 spiro atoms. The third-order valence-electron chi connectivity index (χ3n) is 5.30. The van der Waals surface area contributed by atoms with Crippen LogP contribution in [0.25, 0.3) is 10.9 Å². The van der Waals surface area contributed by atoms with Gasteiger partial charge in [0.15, 0.2) is 11.5 Å². The first-order chi connectivity index (χ1) is 17.9. The van der Waals surface area contributed by atoms with E-state index in [1.165, 1.54) is 24.3 Å². The number of amides is 2. The Balaban J connectivity index is 1.45. The molecule has 0 fully saturated rings. The van der Waals surface area contributed by atoms with Gasteiger partial charge in [-0.1, -0.05) is 0 Å². The van der Waals surface area contributed by atoms with Crippen LogP contribution in [0.5, 0.6) is 23.0 Å². The van der Waals surface area contributed by atoms with Crippen molar-refractivity contribution in [1.82, 2.24) is 4.98 Å². The number of rotatable bonds is 8. The molecule has 188 valence electrons. The number of ether oxygens (including phenoxy) is 3. The minimum Gasteiger partial charge on any atom is -0.493 e. The number of benzene rings is 3. The molecule has 0 bridgehead atoms. The number of fused-ring (bicyclic) bond motifs is 1. The zero-order valence-corrected chi connectivity index (χ0v) is 19.9. The standard InChI is InChI=1S/C27H23FN4O5/c1-35-24-13-20-22(14-25(24)36-2)30-12-11-23(20)37-19-9-7-18(8-10-19)32-27(34)21(15-29)26(33)31-17-5-3-16(28)4-6-17/h3-15H,29H2,1-2H3,(H,31,33)(H,32,34)/b21-15+. The summed E-state index contributed by atoms with van der Waals surface area (Å²) in [5, 5.41) is 5.83. The molecular weight excluding hydrogens is 479 g/mol. The molecule has 0 aliphatic rings. The van der Waals surface area contributed by atoms with Gasteiger partial charge in [0.2, 0.25) is 0 Å². The van der Waals surface area contributed by atoms with Gasteiger partial charge in [-0.25, -0.2) is 4.39 Å². The molecule has 4 N–H and O–H groups in total. The van der Waals surface area contributed by atoms with E-state index in [9.17, 15) is 14.0 Å². The highest BCUT2D eigenvalue weighted by atomic mass is 19.1. The maximum Gasteiger partial charge on any atom is 0.262 e. The molecular formula is C27H23FN4O5. The molecule has 4 aromatic rings. The van der Waals surface area contributed by atoms with Crippen LogP contribution >= 0.6 is 0 Å². The van der Waals surface area contributed by atoms with E-state index in [1.54, 1.807) is 62.9 Å². The largest absolute Gasteiger partial charge is 0.493 e. The molecule has 2 amide bonds. The van der Waals surface area contributed by atoms with Gasteiger partial charge in [0.1, 0.15) is 22.9 Å². The van der Waals surface area contributed by atoms with Crippen molar-refractivity contribution in [2.24, 2.45) is 5.73 Å². The zero-order chi connectivity index (χ0) is 26.4. The van der Waals surface area contributed by atoms with E-state index in [1.807, 2.05) is 0 Å². The molecule has 10 heteroatoms. The highest BCUT2D eigenvalue weighted by Crippen LogP contribution is 2.37. The van der Waals surface area contributed by atoms with Crippen molar-refractivity contribution >= 4 is 34.1 Å². The number of nitrogens with two attached hydrogens (primary N) is 1. The van der Waals surface area contributed by atoms with E-state index >= 15 is 0 Å². The first kappa shape index (κ1) is 25.0. The zero-order valence-electron chi connectivity index (χ0n) is 19.9. The summed E-state index contributed by atoms with van der Waals surface area (Å²) in [6.45, 7) is 0. The van der Waals surface area contributed by atoms with E-state index < -0.39 is 17.6 Å². The SMILES string of the molecule is COc1cc2nccc(Oc3ccc(NC(=O)/C(=C/N)C(=O)Nc4ccc(F)cc4)cc3)c2cc1OC. The lowest BCUT2D eigenvalue weighted by Crippen LogP contribution is -2.26. The monoisotopic (exact) mass is 502 g/mol. The summed E-state index contributed by atoms with van der Waals surface area (Å²) >= 11 is 0. The van der Waals surface area contributed by atoms with Gasteiger partial charge in [0.25, 0.3) is 11.8 Å². The van der Waals surface area contributed by atoms with E-state index in [0.717, 1.165) is 11.6 Å². The van der Waals surface area contributed by atoms with Crippen molar-refractivity contribution in [2.45, 2.75) is 0 Å². The second-order valence-electron chi connectivity index (χ2n) is 7.66. The summed E-state index contributed by atoms with van der Waals surface area (Å²) in [6, 6.07) is 16.9. The van der Waals surface area contributed by atoms with Crippen LogP contribution in [0.2, 0.25) is 0 Å². The summed E-state index contributed by atoms with van der Waals surface area (Å²) in [4.78, 5) is 29.4. The van der Waals surface area contributed by atoms with Gasteiger partial charge in [0, 0.05) is 35.2 Å². The van der Waals surface area contributed by atoms with Crippen molar-refractivity contribution in [3.05, 3.63) is 90.5 Å². The van der Waals surface area contributed by atoms with Crippen molar-refractivity contribution < 1.29 is 28.2 Å². The smallest absolute Gasteiger partial charge is 0.262 e. The van der Waals surface area contributed by atoms with Crippen molar-refractivity contribution in [3.63, 3.8) is 0 Å². The van der Waals surface area contributed by atoms with Crippen molar-refractivity contribution in [2.75, 3.05) is 24.9 Å². The number of carbonyl (C=O) groups excluding carboxylic acids is 2. The topological polar surface area (TPSA) is 125 Å². The van der Waals surface area contributed by atoms with Crippen molar-refractivity contribution in [3.8, 4) is 23.0 Å². The van der Waals surface area contributed by atoms with Gasteiger partial charge in [0.05, 0.1) is 19.7 Å². The Morgan fingerprint density at radius 2 is 1.41 bits per heavy atom. The van der Waals surface area contributed by atoms with Crippen LogP contribution in [0.15, 0.2) is 84.7 Å². The second kappa shape index (κ2) is 11.1. The Kier molecular flexibility index (Phi) is 7.48. The summed E-state index contributed by atoms with van der Waals surface area (Å²) in [7, 11) is 3.10. The van der Waals surface area contributed by atoms with Crippen LogP contribution in [0, 0.1) is 5.82 Å². The van der Waals surface area contributed by atoms with E-state index in [4.69, 9.17) is 19.9 Å². The highest BCUT2D eigenvalue weighted by molar-refractivity contribution is 6.26. The molecule has 0 aliphatic carbocycles. The van der Waals surface area contributed by atoms with Crippen molar-refractivity contribution in [1.29, 1.82) is 0 Å². The fourth-order valence-corrected chi connectivity index (χ4v) is 3.45. The molecule has 4 rings (SSSR count). The highest BCUT2D eigenvalue weighted by Gasteiger charge is 2.18. The maximum absolute atomic E-state index is 13.1. The van der Waals surface area contributed by atoms with E-state index in [0.29, 0.717) is 39.9 Å². The number of hydrogen-bond donors (Lipinski definition) is 3. The summed E-state index contributed by atoms with van der Waals surface area (Å²) < 4.78 is 29.8. The van der Waals surface area contributed by atoms with Gasteiger partial charge in [-0.15, -0.1) is 0 Å². The number of aromatic nitrogens is 1. The number of nitrogens with zero attached hydrogens (tertiary/aromatic N) is 1. The van der Waals surface area contributed by atoms with E-state index in [-0.39, 0.29) is 5.57 Å². The van der Waals surface area contributed by atoms with Gasteiger partial charge < -0.3 is 30.6 Å². The molecule has 0 unspecified atom stereocenters. The molecule has 3 aromatic carbocycles. The maximum atomic E-state index is 13.1. The minimum absolute atomic E-state index is 0.308. The molecule has 9 nitrogen and oxygen atoms in total. The summed E-state index contributed by atoms with van der Waals surface area (Å²) in [6.07, 6.45) is 2.53. The van der Waals surface area contributed by atoms with Crippen LogP contribution in [0.3, 0.4) is 0 Å². The van der Waals surface area contributed by atoms with Crippen LogP contribution in [-0.4, -0.2) is 31.0 Å². The fraction of sp³-hybridized carbons (Fsp3) is 0.0741. The Bertz CT molecular complexity index is 1470. The molecule has 0 saturated heterocycles. The van der Waals surface area contributed by atoms with Gasteiger partial charge in [-0.05, 0) is 60.7 Å². The molecule has 1 heterocycles. The fourth-order valence-electron chi connectivity index (χ4n) is 3.45. The number of anilines is 2. The third-order valence-corrected chi connectivity index (χ3v) is 5.30. The Labute approximate surface area is 211 Å². The predicted octanol–water partition coefficient (Wildman–Crippen LogP) is 4.60. The Morgan fingerprint density at radius 1 is 0.838 bits per heavy atom. The lowest BCUT2D eigenvalue weighted by molar-refractivity contribution is -0.118. The van der Waals surface area contributed by atoms with E-state index in [2.05, 4.69) is 15.6 Å². The normalized spacial score (nSPS) is 11.1. The number of halogens is 1. The summed E-state index contributed by atoms with van der Waals surface area (Å²) in [5.41, 5.74) is 6.61. The van der Waals surface area contributed by atoms with Gasteiger partial charge in [-0.2, -0.15) is 0 Å². The molecule has 0 saturated carbocycles. The molecule has 37 heavy (non-hydrogen) atoms. The molecule has 1 aromatic heterocycles. The number of carbonyl (C=O) groups is 2. The minimum atomic E-state index is -0.733. The number of methoxy groups -OCH3 is 2. The van der Waals surface area contributed by atoms with Crippen LogP contribution in [0.1, 0.15) is 0 Å². The number of pyridine rings is 1. The molecule has 0 atom stereocenters. The summed E-state index contributed by atoms with van der Waals surface area (Å²) in [5.74, 6) is 0.252. The lowest BCUT2D eigenvalue weighted by atomic mass is 10.2. The lowest BCUT2D eigenvalue weighted by Gasteiger charge is -2.13. The average Bonchev–Trinajstić information content (AvgIpc) is 2.91. The van der Waals surface area contributed by atoms with Crippen LogP contribution in [0.4, 0.5) is 15.8 Å². The van der Waals surface area contributed by atoms with Gasteiger partial charge >= 0.3 is 0 Å². The molecule has 0 aliphatic heterocycles.